The molecule has 5 heteroatoms. The summed E-state index contributed by atoms with van der Waals surface area (Å²) in [5.74, 6) is 0.258. The van der Waals surface area contributed by atoms with Crippen molar-refractivity contribution in [3.05, 3.63) is 95.8 Å². The maximum absolute atomic E-state index is 15.2. The van der Waals surface area contributed by atoms with Gasteiger partial charge in [-0.2, -0.15) is 0 Å². The molecule has 1 aliphatic rings. The van der Waals surface area contributed by atoms with Crippen LogP contribution in [-0.4, -0.2) is 29.1 Å². The first-order chi connectivity index (χ1) is 20.3. The summed E-state index contributed by atoms with van der Waals surface area (Å²) in [5.41, 5.74) is 5.92. The van der Waals surface area contributed by atoms with Gasteiger partial charge in [0.15, 0.2) is 6.29 Å². The Morgan fingerprint density at radius 1 is 0.929 bits per heavy atom. The van der Waals surface area contributed by atoms with Crippen LogP contribution in [0.3, 0.4) is 0 Å². The maximum Gasteiger partial charge on any atom is 0.307 e. The molecule has 3 aromatic rings. The summed E-state index contributed by atoms with van der Waals surface area (Å²) in [6.07, 6.45) is 10.4. The smallest absolute Gasteiger partial charge is 0.307 e. The summed E-state index contributed by atoms with van der Waals surface area (Å²) in [6.45, 7) is 6.09. The molecule has 0 amide bonds. The third-order valence-corrected chi connectivity index (χ3v) is 8.63. The predicted octanol–water partition coefficient (Wildman–Crippen LogP) is 9.31. The summed E-state index contributed by atoms with van der Waals surface area (Å²) in [5, 5.41) is 18.6. The second-order valence-corrected chi connectivity index (χ2v) is 11.8. The number of rotatable bonds is 15. The second kappa shape index (κ2) is 15.8. The standard InChI is InChI=1S/C37H45FO4/c1-3-4-5-7-27-9-13-29(14-10-27)30-17-19-31(20-18-30)33-21-22-34(35(38)25-33)32-15-11-28(12-16-32)8-6-23-42-37(41)26(2)24-36(39)40/h11-12,15-22,25,27,29,37,41H,2-10,13-14,23-24H2,1H3,(H,39,40). The van der Waals surface area contributed by atoms with Crippen LogP contribution in [0.2, 0.25) is 0 Å². The van der Waals surface area contributed by atoms with Crippen molar-refractivity contribution >= 4 is 5.97 Å². The van der Waals surface area contributed by atoms with E-state index in [1.54, 1.807) is 6.07 Å². The van der Waals surface area contributed by atoms with Gasteiger partial charge in [0.25, 0.3) is 0 Å². The normalized spacial score (nSPS) is 17.6. The molecular formula is C37H45FO4. The minimum Gasteiger partial charge on any atom is -0.481 e. The molecule has 0 saturated heterocycles. The Bertz CT molecular complexity index is 1290. The molecule has 0 aromatic heterocycles. The molecule has 0 spiro atoms. The average Bonchev–Trinajstić information content (AvgIpc) is 3.00. The van der Waals surface area contributed by atoms with Crippen molar-refractivity contribution < 1.29 is 24.1 Å². The van der Waals surface area contributed by atoms with Crippen molar-refractivity contribution in [2.45, 2.75) is 89.8 Å². The van der Waals surface area contributed by atoms with Gasteiger partial charge in [-0.25, -0.2) is 4.39 Å². The number of aliphatic hydroxyl groups excluding tert-OH is 1. The third kappa shape index (κ3) is 9.11. The van der Waals surface area contributed by atoms with E-state index in [4.69, 9.17) is 9.84 Å². The van der Waals surface area contributed by atoms with Crippen LogP contribution < -0.4 is 0 Å². The number of aryl methyl sites for hydroxylation is 1. The quantitative estimate of drug-likeness (QED) is 0.108. The number of carboxylic acid groups (broad SMARTS) is 1. The Hall–Kier alpha value is -3.28. The first-order valence-electron chi connectivity index (χ1n) is 15.5. The van der Waals surface area contributed by atoms with Gasteiger partial charge in [-0.3, -0.25) is 4.79 Å². The summed E-state index contributed by atoms with van der Waals surface area (Å²) in [4.78, 5) is 10.7. The lowest BCUT2D eigenvalue weighted by Gasteiger charge is -2.29. The lowest BCUT2D eigenvalue weighted by atomic mass is 9.77. The average molecular weight is 573 g/mol. The summed E-state index contributed by atoms with van der Waals surface area (Å²) in [6, 6.07) is 22.0. The highest BCUT2D eigenvalue weighted by atomic mass is 19.1. The van der Waals surface area contributed by atoms with Gasteiger partial charge >= 0.3 is 5.97 Å². The molecule has 2 N–H and O–H groups in total. The molecule has 1 saturated carbocycles. The third-order valence-electron chi connectivity index (χ3n) is 8.63. The number of ether oxygens (including phenoxy) is 1. The van der Waals surface area contributed by atoms with Crippen LogP contribution >= 0.6 is 0 Å². The Morgan fingerprint density at radius 2 is 1.60 bits per heavy atom. The number of carbonyl (C=O) groups is 1. The van der Waals surface area contributed by atoms with Crippen molar-refractivity contribution in [1.82, 2.24) is 0 Å². The van der Waals surface area contributed by atoms with Crippen molar-refractivity contribution in [3.63, 3.8) is 0 Å². The van der Waals surface area contributed by atoms with Gasteiger partial charge in [0, 0.05) is 5.56 Å². The topological polar surface area (TPSA) is 66.8 Å². The molecule has 0 bridgehead atoms. The van der Waals surface area contributed by atoms with E-state index in [9.17, 15) is 9.90 Å². The van der Waals surface area contributed by atoms with Crippen molar-refractivity contribution in [1.29, 1.82) is 0 Å². The number of aliphatic hydroxyl groups is 1. The highest BCUT2D eigenvalue weighted by Gasteiger charge is 2.22. The lowest BCUT2D eigenvalue weighted by Crippen LogP contribution is -2.17. The first kappa shape index (κ1) is 31.7. The molecule has 1 atom stereocenters. The van der Waals surface area contributed by atoms with Crippen LogP contribution in [0, 0.1) is 11.7 Å². The zero-order valence-corrected chi connectivity index (χ0v) is 24.9. The minimum absolute atomic E-state index is 0.127. The molecule has 0 radical (unpaired) electrons. The Morgan fingerprint density at radius 3 is 2.24 bits per heavy atom. The molecule has 224 valence electrons. The predicted molar refractivity (Wildman–Crippen MR) is 168 cm³/mol. The highest BCUT2D eigenvalue weighted by molar-refractivity contribution is 5.71. The molecule has 0 aliphatic heterocycles. The van der Waals surface area contributed by atoms with Crippen molar-refractivity contribution in [2.24, 2.45) is 5.92 Å². The van der Waals surface area contributed by atoms with Crippen LogP contribution in [0.25, 0.3) is 22.3 Å². The van der Waals surface area contributed by atoms with Crippen LogP contribution in [0.4, 0.5) is 4.39 Å². The van der Waals surface area contributed by atoms with Crippen LogP contribution in [0.15, 0.2) is 78.9 Å². The molecule has 4 rings (SSSR count). The maximum atomic E-state index is 15.2. The van der Waals surface area contributed by atoms with Gasteiger partial charge in [0.1, 0.15) is 5.82 Å². The fourth-order valence-electron chi connectivity index (χ4n) is 6.07. The monoisotopic (exact) mass is 572 g/mol. The first-order valence-corrected chi connectivity index (χ1v) is 15.5. The molecule has 4 nitrogen and oxygen atoms in total. The van der Waals surface area contributed by atoms with E-state index in [0.717, 1.165) is 34.6 Å². The van der Waals surface area contributed by atoms with Crippen LogP contribution in [0.5, 0.6) is 0 Å². The number of halogens is 1. The minimum atomic E-state index is -1.28. The van der Waals surface area contributed by atoms with E-state index < -0.39 is 12.3 Å². The van der Waals surface area contributed by atoms with E-state index in [1.165, 1.54) is 56.9 Å². The number of benzene rings is 3. The molecule has 1 aliphatic carbocycles. The van der Waals surface area contributed by atoms with E-state index >= 15 is 4.39 Å². The highest BCUT2D eigenvalue weighted by Crippen LogP contribution is 2.38. The van der Waals surface area contributed by atoms with Gasteiger partial charge in [0.05, 0.1) is 13.0 Å². The Labute approximate surface area is 250 Å². The number of hydrogen-bond acceptors (Lipinski definition) is 3. The molecule has 1 fully saturated rings. The molecule has 1 unspecified atom stereocenters. The number of unbranched alkanes of at least 4 members (excludes halogenated alkanes) is 2. The van der Waals surface area contributed by atoms with Crippen LogP contribution in [-0.2, 0) is 16.0 Å². The fourth-order valence-corrected chi connectivity index (χ4v) is 6.07. The van der Waals surface area contributed by atoms with Gasteiger partial charge in [-0.1, -0.05) is 99.8 Å². The Kier molecular flexibility index (Phi) is 11.9. The Balaban J connectivity index is 1.27. The molecule has 42 heavy (non-hydrogen) atoms. The zero-order valence-electron chi connectivity index (χ0n) is 24.9. The fraction of sp³-hybridized carbons (Fsp3) is 0.432. The van der Waals surface area contributed by atoms with Gasteiger partial charge in [-0.15, -0.1) is 0 Å². The van der Waals surface area contributed by atoms with E-state index in [0.29, 0.717) is 17.9 Å². The number of aliphatic carboxylic acids is 1. The molecule has 0 heterocycles. The van der Waals surface area contributed by atoms with Crippen molar-refractivity contribution in [3.8, 4) is 22.3 Å². The second-order valence-electron chi connectivity index (χ2n) is 11.8. The SMILES string of the molecule is C=C(CC(=O)O)C(O)OCCCc1ccc(-c2ccc(-c3ccc(C4CCC(CCCCC)CC4)cc3)cc2F)cc1. The summed E-state index contributed by atoms with van der Waals surface area (Å²) >= 11 is 0. The van der Waals surface area contributed by atoms with Crippen LogP contribution in [0.1, 0.15) is 88.2 Å². The summed E-state index contributed by atoms with van der Waals surface area (Å²) in [7, 11) is 0. The van der Waals surface area contributed by atoms with Gasteiger partial charge in [-0.05, 0) is 89.8 Å². The van der Waals surface area contributed by atoms with E-state index in [-0.39, 0.29) is 24.4 Å². The number of hydrogen-bond donors (Lipinski definition) is 2. The van der Waals surface area contributed by atoms with Gasteiger partial charge < -0.3 is 14.9 Å². The van der Waals surface area contributed by atoms with Gasteiger partial charge in [0.2, 0.25) is 0 Å². The van der Waals surface area contributed by atoms with E-state index in [2.05, 4.69) is 37.8 Å². The van der Waals surface area contributed by atoms with Crippen molar-refractivity contribution in [2.75, 3.05) is 6.61 Å². The zero-order chi connectivity index (χ0) is 29.9. The largest absolute Gasteiger partial charge is 0.481 e. The molecule has 3 aromatic carbocycles. The number of carboxylic acids is 1. The summed E-state index contributed by atoms with van der Waals surface area (Å²) < 4.78 is 20.5. The lowest BCUT2D eigenvalue weighted by molar-refractivity contribution is -0.137. The van der Waals surface area contributed by atoms with E-state index in [1.807, 2.05) is 36.4 Å². The molecular weight excluding hydrogens is 527 g/mol.